The molecule has 2 aromatic rings. The van der Waals surface area contributed by atoms with E-state index in [9.17, 15) is 0 Å². The van der Waals surface area contributed by atoms with Crippen molar-refractivity contribution in [1.29, 1.82) is 0 Å². The SMILES string of the molecule is CSC(N)=Nc1cccc(Oc2ccccc2)c1.I. The molecule has 0 radical (unpaired) electrons. The topological polar surface area (TPSA) is 47.6 Å². The fourth-order valence-electron chi connectivity index (χ4n) is 1.41. The molecule has 0 unspecified atom stereocenters. The van der Waals surface area contributed by atoms with Crippen molar-refractivity contribution in [2.45, 2.75) is 0 Å². The van der Waals surface area contributed by atoms with E-state index < -0.39 is 0 Å². The van der Waals surface area contributed by atoms with Gasteiger partial charge in [0, 0.05) is 6.07 Å². The molecule has 0 aliphatic heterocycles. The largest absolute Gasteiger partial charge is 0.457 e. The van der Waals surface area contributed by atoms with E-state index in [2.05, 4.69) is 4.99 Å². The summed E-state index contributed by atoms with van der Waals surface area (Å²) < 4.78 is 5.72. The van der Waals surface area contributed by atoms with Crippen molar-refractivity contribution in [3.05, 3.63) is 54.6 Å². The number of amidine groups is 1. The van der Waals surface area contributed by atoms with E-state index in [0.717, 1.165) is 17.2 Å². The third-order valence-corrected chi connectivity index (χ3v) is 2.75. The molecule has 0 saturated heterocycles. The molecular formula is C14H15IN2OS. The third kappa shape index (κ3) is 5.12. The van der Waals surface area contributed by atoms with Gasteiger partial charge in [-0.2, -0.15) is 0 Å². The summed E-state index contributed by atoms with van der Waals surface area (Å²) in [5.41, 5.74) is 6.47. The first-order chi connectivity index (χ1) is 8.78. The number of hydrogen-bond acceptors (Lipinski definition) is 3. The lowest BCUT2D eigenvalue weighted by molar-refractivity contribution is 0.483. The Labute approximate surface area is 134 Å². The second-order valence-electron chi connectivity index (χ2n) is 3.57. The molecule has 2 aromatic carbocycles. The van der Waals surface area contributed by atoms with Crippen LogP contribution < -0.4 is 10.5 Å². The van der Waals surface area contributed by atoms with E-state index in [1.54, 1.807) is 0 Å². The predicted octanol–water partition coefficient (Wildman–Crippen LogP) is 4.41. The Morgan fingerprint density at radius 2 is 1.74 bits per heavy atom. The van der Waals surface area contributed by atoms with E-state index in [1.807, 2.05) is 60.9 Å². The van der Waals surface area contributed by atoms with Gasteiger partial charge in [0.1, 0.15) is 11.5 Å². The highest BCUT2D eigenvalue weighted by molar-refractivity contribution is 14.0. The summed E-state index contributed by atoms with van der Waals surface area (Å²) in [7, 11) is 0. The van der Waals surface area contributed by atoms with E-state index in [-0.39, 0.29) is 24.0 Å². The molecule has 0 atom stereocenters. The lowest BCUT2D eigenvalue weighted by Crippen LogP contribution is -2.04. The number of hydrogen-bond donors (Lipinski definition) is 1. The summed E-state index contributed by atoms with van der Waals surface area (Å²) in [5, 5.41) is 0.534. The molecule has 2 N–H and O–H groups in total. The molecule has 0 aromatic heterocycles. The Kier molecular flexibility index (Phi) is 6.72. The van der Waals surface area contributed by atoms with E-state index in [0.29, 0.717) is 5.17 Å². The zero-order valence-electron chi connectivity index (χ0n) is 10.4. The van der Waals surface area contributed by atoms with Crippen LogP contribution in [0, 0.1) is 0 Å². The smallest absolute Gasteiger partial charge is 0.158 e. The number of nitrogens with zero attached hydrogens (tertiary/aromatic N) is 1. The van der Waals surface area contributed by atoms with Gasteiger partial charge in [0.05, 0.1) is 5.69 Å². The Balaban J connectivity index is 0.00000180. The zero-order valence-corrected chi connectivity index (χ0v) is 13.6. The highest BCUT2D eigenvalue weighted by Crippen LogP contribution is 2.25. The van der Waals surface area contributed by atoms with Gasteiger partial charge in [0.25, 0.3) is 0 Å². The van der Waals surface area contributed by atoms with Gasteiger partial charge < -0.3 is 10.5 Å². The standard InChI is InChI=1S/C14H14N2OS.HI/c1-18-14(15)16-11-6-5-9-13(10-11)17-12-7-3-2-4-8-12;/h2-10H,1H3,(H2,15,16);1H. The average Bonchev–Trinajstić information content (AvgIpc) is 2.40. The second kappa shape index (κ2) is 8.06. The molecule has 0 aliphatic carbocycles. The van der Waals surface area contributed by atoms with Crippen LogP contribution in [0.5, 0.6) is 11.5 Å². The molecule has 0 fully saturated rings. The van der Waals surface area contributed by atoms with Crippen LogP contribution in [0.4, 0.5) is 5.69 Å². The predicted molar refractivity (Wildman–Crippen MR) is 93.2 cm³/mol. The minimum atomic E-state index is 0. The van der Waals surface area contributed by atoms with Crippen LogP contribution in [0.25, 0.3) is 0 Å². The van der Waals surface area contributed by atoms with Gasteiger partial charge in [-0.25, -0.2) is 4.99 Å². The summed E-state index contributed by atoms with van der Waals surface area (Å²) in [6.45, 7) is 0. The van der Waals surface area contributed by atoms with Crippen molar-refractivity contribution in [3.8, 4) is 11.5 Å². The van der Waals surface area contributed by atoms with Crippen molar-refractivity contribution < 1.29 is 4.74 Å². The normalized spacial score (nSPS) is 10.7. The van der Waals surface area contributed by atoms with Gasteiger partial charge in [-0.3, -0.25) is 0 Å². The number of rotatable bonds is 3. The molecule has 100 valence electrons. The minimum Gasteiger partial charge on any atom is -0.457 e. The number of nitrogens with two attached hydrogens (primary N) is 1. The van der Waals surface area contributed by atoms with Gasteiger partial charge >= 0.3 is 0 Å². The molecule has 0 aliphatic rings. The molecular weight excluding hydrogens is 371 g/mol. The highest BCUT2D eigenvalue weighted by atomic mass is 127. The fraction of sp³-hybridized carbons (Fsp3) is 0.0714. The molecule has 0 amide bonds. The van der Waals surface area contributed by atoms with Gasteiger partial charge in [0.2, 0.25) is 0 Å². The lowest BCUT2D eigenvalue weighted by Gasteiger charge is -2.05. The van der Waals surface area contributed by atoms with Gasteiger partial charge in [-0.1, -0.05) is 36.0 Å². The first kappa shape index (κ1) is 15.8. The Bertz CT molecular complexity index is 546. The summed E-state index contributed by atoms with van der Waals surface area (Å²) in [6, 6.07) is 17.2. The van der Waals surface area contributed by atoms with Gasteiger partial charge in [-0.05, 0) is 30.5 Å². The average molecular weight is 386 g/mol. The van der Waals surface area contributed by atoms with Crippen LogP contribution in [-0.4, -0.2) is 11.4 Å². The molecule has 2 rings (SSSR count). The molecule has 3 nitrogen and oxygen atoms in total. The zero-order chi connectivity index (χ0) is 12.8. The van der Waals surface area contributed by atoms with Crippen molar-refractivity contribution in [2.75, 3.05) is 6.26 Å². The third-order valence-electron chi connectivity index (χ3n) is 2.24. The molecule has 5 heteroatoms. The molecule has 0 heterocycles. The van der Waals surface area contributed by atoms with Crippen LogP contribution in [0.2, 0.25) is 0 Å². The van der Waals surface area contributed by atoms with Crippen molar-refractivity contribution in [2.24, 2.45) is 10.7 Å². The van der Waals surface area contributed by atoms with Gasteiger partial charge in [0.15, 0.2) is 5.17 Å². The summed E-state index contributed by atoms with van der Waals surface area (Å²) in [5.74, 6) is 1.55. The maximum atomic E-state index is 5.72. The van der Waals surface area contributed by atoms with Crippen LogP contribution in [0.15, 0.2) is 59.6 Å². The van der Waals surface area contributed by atoms with Crippen LogP contribution >= 0.6 is 35.7 Å². The highest BCUT2D eigenvalue weighted by Gasteiger charge is 1.98. The molecule has 0 spiro atoms. The summed E-state index contributed by atoms with van der Waals surface area (Å²) in [6.07, 6.45) is 1.89. The molecule has 0 saturated carbocycles. The second-order valence-corrected chi connectivity index (χ2v) is 4.39. The number of thioether (sulfide) groups is 1. The summed E-state index contributed by atoms with van der Waals surface area (Å²) >= 11 is 1.42. The quantitative estimate of drug-likeness (QED) is 0.483. The molecule has 19 heavy (non-hydrogen) atoms. The van der Waals surface area contributed by atoms with E-state index in [1.165, 1.54) is 11.8 Å². The number of ether oxygens (including phenoxy) is 1. The fourth-order valence-corrected chi connectivity index (χ4v) is 1.61. The Morgan fingerprint density at radius 1 is 1.05 bits per heavy atom. The first-order valence-electron chi connectivity index (χ1n) is 5.49. The number of aliphatic imine (C=N–C) groups is 1. The van der Waals surface area contributed by atoms with Crippen molar-refractivity contribution in [1.82, 2.24) is 0 Å². The maximum Gasteiger partial charge on any atom is 0.158 e. The molecule has 0 bridgehead atoms. The Hall–Kier alpha value is -1.21. The van der Waals surface area contributed by atoms with Crippen LogP contribution in [0.1, 0.15) is 0 Å². The Morgan fingerprint density at radius 3 is 2.42 bits per heavy atom. The van der Waals surface area contributed by atoms with Crippen LogP contribution in [-0.2, 0) is 0 Å². The van der Waals surface area contributed by atoms with Crippen LogP contribution in [0.3, 0.4) is 0 Å². The van der Waals surface area contributed by atoms with Crippen molar-refractivity contribution >= 4 is 46.6 Å². The summed E-state index contributed by atoms with van der Waals surface area (Å²) in [4.78, 5) is 4.26. The monoisotopic (exact) mass is 386 g/mol. The maximum absolute atomic E-state index is 5.72. The van der Waals surface area contributed by atoms with E-state index in [4.69, 9.17) is 10.5 Å². The van der Waals surface area contributed by atoms with Crippen molar-refractivity contribution in [3.63, 3.8) is 0 Å². The number of benzene rings is 2. The van der Waals surface area contributed by atoms with Gasteiger partial charge in [-0.15, -0.1) is 24.0 Å². The number of halogens is 1. The number of para-hydroxylation sites is 1. The van der Waals surface area contributed by atoms with E-state index >= 15 is 0 Å². The first-order valence-corrected chi connectivity index (χ1v) is 6.71. The lowest BCUT2D eigenvalue weighted by atomic mass is 10.3. The minimum absolute atomic E-state index is 0.